The molecule has 0 saturated heterocycles. The monoisotopic (exact) mass is 172 g/mol. The van der Waals surface area contributed by atoms with Crippen LogP contribution in [0.3, 0.4) is 0 Å². The van der Waals surface area contributed by atoms with Gasteiger partial charge in [0.05, 0.1) is 25.7 Å². The van der Waals surface area contributed by atoms with E-state index in [0.717, 1.165) is 0 Å². The van der Waals surface area contributed by atoms with Crippen molar-refractivity contribution in [2.24, 2.45) is 0 Å². The molecule has 0 aromatic heterocycles. The summed E-state index contributed by atoms with van der Waals surface area (Å²) in [7, 11) is 0. The predicted octanol–water partition coefficient (Wildman–Crippen LogP) is 1.01. The van der Waals surface area contributed by atoms with Crippen molar-refractivity contribution in [2.75, 3.05) is 26.8 Å². The van der Waals surface area contributed by atoms with Crippen LogP contribution in [0.1, 0.15) is 0 Å². The van der Waals surface area contributed by atoms with Crippen molar-refractivity contribution < 1.29 is 18.9 Å². The van der Waals surface area contributed by atoms with E-state index in [9.17, 15) is 0 Å². The largest absolute Gasteiger partial charge is 0.475 e. The van der Waals surface area contributed by atoms with E-state index in [-0.39, 0.29) is 0 Å². The summed E-state index contributed by atoms with van der Waals surface area (Å²) in [5.41, 5.74) is 0. The summed E-state index contributed by atoms with van der Waals surface area (Å²) in [6, 6.07) is 0. The average Bonchev–Trinajstić information content (AvgIpc) is 2.24. The van der Waals surface area contributed by atoms with Crippen molar-refractivity contribution in [3.8, 4) is 0 Å². The van der Waals surface area contributed by atoms with Gasteiger partial charge < -0.3 is 18.9 Å². The third kappa shape index (κ3) is 4.76. The van der Waals surface area contributed by atoms with Gasteiger partial charge in [0.15, 0.2) is 13.6 Å². The van der Waals surface area contributed by atoms with Crippen molar-refractivity contribution >= 4 is 0 Å². The quantitative estimate of drug-likeness (QED) is 0.546. The molecule has 2 rings (SSSR count). The molecule has 0 N–H and O–H groups in total. The molecule has 2 aliphatic rings. The van der Waals surface area contributed by atoms with E-state index in [2.05, 4.69) is 9.47 Å². The number of hydrogen-bond donors (Lipinski definition) is 0. The second kappa shape index (κ2) is 6.69. The Kier molecular flexibility index (Phi) is 5.07. The van der Waals surface area contributed by atoms with Gasteiger partial charge in [-0.2, -0.15) is 0 Å². The lowest BCUT2D eigenvalue weighted by atomic mass is 10.7. The summed E-state index contributed by atoms with van der Waals surface area (Å²) in [5, 5.41) is 0. The van der Waals surface area contributed by atoms with E-state index in [0.29, 0.717) is 26.8 Å². The van der Waals surface area contributed by atoms with Crippen LogP contribution in [0.5, 0.6) is 0 Å². The van der Waals surface area contributed by atoms with Crippen molar-refractivity contribution in [2.45, 2.75) is 0 Å². The molecule has 68 valence electrons. The van der Waals surface area contributed by atoms with Crippen LogP contribution >= 0.6 is 0 Å². The topological polar surface area (TPSA) is 36.9 Å². The van der Waals surface area contributed by atoms with Gasteiger partial charge in [-0.15, -0.1) is 0 Å². The van der Waals surface area contributed by atoms with Crippen LogP contribution in [-0.2, 0) is 18.9 Å². The van der Waals surface area contributed by atoms with Gasteiger partial charge in [-0.1, -0.05) is 0 Å². The molecule has 12 heavy (non-hydrogen) atoms. The summed E-state index contributed by atoms with van der Waals surface area (Å²) < 4.78 is 18.9. The molecule has 2 aliphatic heterocycles. The summed E-state index contributed by atoms with van der Waals surface area (Å²) in [6.45, 7) is 2.22. The molecule has 2 heterocycles. The lowest BCUT2D eigenvalue weighted by Crippen LogP contribution is -1.99. The van der Waals surface area contributed by atoms with E-state index >= 15 is 0 Å². The maximum atomic E-state index is 4.76. The fraction of sp³-hybridized carbons (Fsp3) is 0.500. The minimum Gasteiger partial charge on any atom is -0.475 e. The van der Waals surface area contributed by atoms with Gasteiger partial charge in [0.2, 0.25) is 0 Å². The third-order valence-corrected chi connectivity index (χ3v) is 1.12. The molecule has 0 radical (unpaired) electrons. The van der Waals surface area contributed by atoms with Crippen molar-refractivity contribution in [1.29, 1.82) is 0 Å². The minimum atomic E-state index is 0.413. The fourth-order valence-electron chi connectivity index (χ4n) is 0.622. The summed E-state index contributed by atoms with van der Waals surface area (Å²) in [5.74, 6) is 0. The van der Waals surface area contributed by atoms with Gasteiger partial charge in [-0.25, -0.2) is 0 Å². The summed E-state index contributed by atoms with van der Waals surface area (Å²) >= 11 is 0. The highest BCUT2D eigenvalue weighted by atomic mass is 16.7. The van der Waals surface area contributed by atoms with E-state index in [4.69, 9.17) is 9.47 Å². The highest BCUT2D eigenvalue weighted by Crippen LogP contribution is 1.87. The molecular formula is C8H12O4. The zero-order valence-electron chi connectivity index (χ0n) is 6.77. The van der Waals surface area contributed by atoms with Gasteiger partial charge in [0.25, 0.3) is 0 Å². The summed E-state index contributed by atoms with van der Waals surface area (Å²) in [4.78, 5) is 0. The van der Waals surface area contributed by atoms with Crippen molar-refractivity contribution in [1.82, 2.24) is 0 Å². The van der Waals surface area contributed by atoms with Gasteiger partial charge in [0, 0.05) is 0 Å². The van der Waals surface area contributed by atoms with Crippen molar-refractivity contribution in [3.63, 3.8) is 0 Å². The van der Waals surface area contributed by atoms with Crippen LogP contribution < -0.4 is 0 Å². The van der Waals surface area contributed by atoms with Crippen LogP contribution in [0, 0.1) is 0 Å². The molecule has 0 bridgehead atoms. The minimum absolute atomic E-state index is 0.413. The third-order valence-electron chi connectivity index (χ3n) is 1.12. The lowest BCUT2D eigenvalue weighted by Gasteiger charge is -2.03. The molecule has 0 aromatic rings. The Morgan fingerprint density at radius 1 is 0.750 bits per heavy atom. The molecule has 4 heteroatoms. The van der Waals surface area contributed by atoms with Gasteiger partial charge in [0.1, 0.15) is 0 Å². The maximum Gasteiger partial charge on any atom is 0.188 e. The predicted molar refractivity (Wildman–Crippen MR) is 42.1 cm³/mol. The lowest BCUT2D eigenvalue weighted by molar-refractivity contribution is -0.0149. The van der Waals surface area contributed by atoms with Gasteiger partial charge >= 0.3 is 0 Å². The smallest absolute Gasteiger partial charge is 0.188 e. The maximum absolute atomic E-state index is 4.76. The molecule has 0 aromatic carbocycles. The Labute approximate surface area is 71.4 Å². The zero-order valence-corrected chi connectivity index (χ0v) is 6.77. The second-order valence-electron chi connectivity index (χ2n) is 2.05. The highest BCUT2D eigenvalue weighted by Gasteiger charge is 1.85. The number of rotatable bonds is 0. The Hall–Kier alpha value is -1.00. The molecule has 0 aliphatic carbocycles. The zero-order chi connectivity index (χ0) is 8.49. The number of ether oxygens (including phenoxy) is 4. The molecule has 0 amide bonds. The second-order valence-corrected chi connectivity index (χ2v) is 2.05. The van der Waals surface area contributed by atoms with Crippen molar-refractivity contribution in [3.05, 3.63) is 24.7 Å². The highest BCUT2D eigenvalue weighted by molar-refractivity contribution is 4.74. The Morgan fingerprint density at radius 3 is 1.33 bits per heavy atom. The molecule has 0 saturated carbocycles. The first-order valence-corrected chi connectivity index (χ1v) is 3.69. The van der Waals surface area contributed by atoms with E-state index in [1.807, 2.05) is 12.2 Å². The SMILES string of the molecule is C1=COCOC1.C1=COCOC1. The first kappa shape index (κ1) is 9.09. The first-order chi connectivity index (χ1) is 6.00. The number of hydrogen-bond acceptors (Lipinski definition) is 4. The first-order valence-electron chi connectivity index (χ1n) is 3.69. The van der Waals surface area contributed by atoms with E-state index in [1.54, 1.807) is 12.5 Å². The standard InChI is InChI=1S/2C4H6O2/c2*1-2-5-4-6-3-1/h2*1-2H,3-4H2. The Morgan fingerprint density at radius 2 is 1.25 bits per heavy atom. The van der Waals surface area contributed by atoms with Crippen LogP contribution in [0.25, 0.3) is 0 Å². The molecule has 0 atom stereocenters. The van der Waals surface area contributed by atoms with Gasteiger partial charge in [-0.05, 0) is 12.2 Å². The molecule has 4 nitrogen and oxygen atoms in total. The van der Waals surface area contributed by atoms with Crippen LogP contribution in [0.15, 0.2) is 24.7 Å². The molecule has 0 spiro atoms. The Bertz CT molecular complexity index is 119. The fourth-order valence-corrected chi connectivity index (χ4v) is 0.622. The van der Waals surface area contributed by atoms with Crippen LogP contribution in [0.4, 0.5) is 0 Å². The summed E-state index contributed by atoms with van der Waals surface area (Å²) in [6.07, 6.45) is 6.93. The molecular weight excluding hydrogens is 160 g/mol. The normalized spacial score (nSPS) is 20.0. The Balaban J connectivity index is 0.000000120. The molecule has 0 unspecified atom stereocenters. The van der Waals surface area contributed by atoms with Crippen LogP contribution in [0.2, 0.25) is 0 Å². The molecule has 0 fully saturated rings. The van der Waals surface area contributed by atoms with Gasteiger partial charge in [-0.3, -0.25) is 0 Å². The van der Waals surface area contributed by atoms with Crippen LogP contribution in [-0.4, -0.2) is 26.8 Å². The van der Waals surface area contributed by atoms with E-state index in [1.165, 1.54) is 0 Å². The average molecular weight is 172 g/mol. The van der Waals surface area contributed by atoms with E-state index < -0.39 is 0 Å².